The lowest BCUT2D eigenvalue weighted by molar-refractivity contribution is 0.317. The van der Waals surface area contributed by atoms with Crippen LogP contribution in [0.25, 0.3) is 10.9 Å². The SMILES string of the molecule is c1ccc(C[C@H]2COC(c3ccccc3)=N2)cc1.c1ccc2ncccc2c1. The molecule has 1 aromatic heterocycles. The lowest BCUT2D eigenvalue weighted by atomic mass is 10.1. The first-order valence-corrected chi connectivity index (χ1v) is 9.48. The first kappa shape index (κ1) is 17.9. The van der Waals surface area contributed by atoms with E-state index in [1.165, 1.54) is 10.9 Å². The van der Waals surface area contributed by atoms with Crippen molar-refractivity contribution in [2.24, 2.45) is 4.99 Å². The van der Waals surface area contributed by atoms with Crippen molar-refractivity contribution in [3.05, 3.63) is 114 Å². The third-order valence-electron chi connectivity index (χ3n) is 4.56. The molecule has 5 rings (SSSR count). The number of hydrogen-bond acceptors (Lipinski definition) is 3. The lowest BCUT2D eigenvalue weighted by Gasteiger charge is -2.03. The normalized spacial score (nSPS) is 15.3. The maximum Gasteiger partial charge on any atom is 0.216 e. The van der Waals surface area contributed by atoms with Crippen molar-refractivity contribution >= 4 is 16.8 Å². The molecule has 3 aromatic carbocycles. The standard InChI is InChI=1S/C16H15NO.C9H7N/c1-3-7-13(8-4-1)11-15-12-18-16(17-15)14-9-5-2-6-10-14;1-2-6-9-8(4-1)5-3-7-10-9/h1-10,15H,11-12H2;1-7H/t15-;/m0./s1. The van der Waals surface area contributed by atoms with E-state index in [1.54, 1.807) is 0 Å². The van der Waals surface area contributed by atoms with Crippen LogP contribution >= 0.6 is 0 Å². The third-order valence-corrected chi connectivity index (χ3v) is 4.56. The minimum absolute atomic E-state index is 0.239. The van der Waals surface area contributed by atoms with E-state index in [0.717, 1.165) is 23.4 Å². The summed E-state index contributed by atoms with van der Waals surface area (Å²) >= 11 is 0. The number of fused-ring (bicyclic) bond motifs is 1. The minimum Gasteiger partial charge on any atom is -0.475 e. The van der Waals surface area contributed by atoms with Crippen LogP contribution < -0.4 is 0 Å². The van der Waals surface area contributed by atoms with E-state index in [0.29, 0.717) is 6.61 Å². The average Bonchev–Trinajstić information content (AvgIpc) is 3.24. The van der Waals surface area contributed by atoms with Crippen molar-refractivity contribution in [1.82, 2.24) is 4.98 Å². The van der Waals surface area contributed by atoms with E-state index in [1.807, 2.05) is 66.9 Å². The zero-order chi connectivity index (χ0) is 19.0. The zero-order valence-corrected chi connectivity index (χ0v) is 15.6. The fourth-order valence-electron chi connectivity index (χ4n) is 3.16. The van der Waals surface area contributed by atoms with E-state index in [-0.39, 0.29) is 6.04 Å². The van der Waals surface area contributed by atoms with Crippen LogP contribution in [0, 0.1) is 0 Å². The highest BCUT2D eigenvalue weighted by molar-refractivity contribution is 5.95. The number of aliphatic imine (C=N–C) groups is 1. The van der Waals surface area contributed by atoms with Gasteiger partial charge in [0.25, 0.3) is 0 Å². The summed E-state index contributed by atoms with van der Waals surface area (Å²) in [5, 5.41) is 1.20. The second-order valence-corrected chi connectivity index (χ2v) is 6.65. The molecular formula is C25H22N2O. The van der Waals surface area contributed by atoms with E-state index in [9.17, 15) is 0 Å². The molecule has 0 aliphatic carbocycles. The van der Waals surface area contributed by atoms with E-state index in [2.05, 4.69) is 46.4 Å². The molecule has 0 amide bonds. The molecule has 0 N–H and O–H groups in total. The molecule has 1 aliphatic heterocycles. The summed E-state index contributed by atoms with van der Waals surface area (Å²) in [4.78, 5) is 8.83. The number of benzene rings is 3. The molecular weight excluding hydrogens is 344 g/mol. The molecule has 0 saturated heterocycles. The number of pyridine rings is 1. The molecule has 28 heavy (non-hydrogen) atoms. The topological polar surface area (TPSA) is 34.5 Å². The van der Waals surface area contributed by atoms with Gasteiger partial charge in [0, 0.05) is 17.1 Å². The van der Waals surface area contributed by atoms with E-state index in [4.69, 9.17) is 4.74 Å². The van der Waals surface area contributed by atoms with Gasteiger partial charge in [-0.3, -0.25) is 4.98 Å². The molecule has 0 spiro atoms. The maximum atomic E-state index is 5.67. The van der Waals surface area contributed by atoms with Gasteiger partial charge in [-0.05, 0) is 36.2 Å². The van der Waals surface area contributed by atoms with E-state index >= 15 is 0 Å². The van der Waals surface area contributed by atoms with Gasteiger partial charge in [0.2, 0.25) is 5.90 Å². The molecule has 3 heteroatoms. The predicted octanol–water partition coefficient (Wildman–Crippen LogP) is 5.31. The third kappa shape index (κ3) is 4.63. The summed E-state index contributed by atoms with van der Waals surface area (Å²) in [7, 11) is 0. The summed E-state index contributed by atoms with van der Waals surface area (Å²) < 4.78 is 5.67. The van der Waals surface area contributed by atoms with Crippen molar-refractivity contribution in [3.8, 4) is 0 Å². The van der Waals surface area contributed by atoms with Crippen LogP contribution in [-0.4, -0.2) is 23.5 Å². The van der Waals surface area contributed by atoms with Crippen LogP contribution in [-0.2, 0) is 11.2 Å². The number of ether oxygens (including phenoxy) is 1. The number of nitrogens with zero attached hydrogens (tertiary/aromatic N) is 2. The first-order valence-electron chi connectivity index (χ1n) is 9.48. The van der Waals surface area contributed by atoms with Gasteiger partial charge in [0.1, 0.15) is 6.61 Å². The van der Waals surface area contributed by atoms with Crippen LogP contribution in [0.2, 0.25) is 0 Å². The quantitative estimate of drug-likeness (QED) is 0.492. The Morgan fingerprint density at radius 2 is 1.43 bits per heavy atom. The fourth-order valence-corrected chi connectivity index (χ4v) is 3.16. The monoisotopic (exact) mass is 366 g/mol. The smallest absolute Gasteiger partial charge is 0.216 e. The lowest BCUT2D eigenvalue weighted by Crippen LogP contribution is -2.09. The van der Waals surface area contributed by atoms with Gasteiger partial charge in [-0.15, -0.1) is 0 Å². The Balaban J connectivity index is 0.000000162. The van der Waals surface area contributed by atoms with Gasteiger partial charge in [0.15, 0.2) is 0 Å². The molecule has 1 aliphatic rings. The zero-order valence-electron chi connectivity index (χ0n) is 15.6. The first-order chi connectivity index (χ1) is 13.9. The van der Waals surface area contributed by atoms with Gasteiger partial charge in [-0.1, -0.05) is 72.8 Å². The number of aromatic nitrogens is 1. The van der Waals surface area contributed by atoms with Crippen LogP contribution in [0.3, 0.4) is 0 Å². The number of rotatable bonds is 3. The van der Waals surface area contributed by atoms with Crippen LogP contribution in [0.1, 0.15) is 11.1 Å². The Kier molecular flexibility index (Phi) is 5.74. The molecule has 0 unspecified atom stereocenters. The van der Waals surface area contributed by atoms with Crippen molar-refractivity contribution < 1.29 is 4.74 Å². The molecule has 4 aromatic rings. The Morgan fingerprint density at radius 3 is 2.21 bits per heavy atom. The summed E-state index contributed by atoms with van der Waals surface area (Å²) in [5.74, 6) is 0.775. The molecule has 1 atom stereocenters. The largest absolute Gasteiger partial charge is 0.475 e. The van der Waals surface area contributed by atoms with Crippen LogP contribution in [0.4, 0.5) is 0 Å². The molecule has 0 radical (unpaired) electrons. The predicted molar refractivity (Wildman–Crippen MR) is 115 cm³/mol. The highest BCUT2D eigenvalue weighted by Crippen LogP contribution is 2.15. The van der Waals surface area contributed by atoms with Gasteiger partial charge in [-0.25, -0.2) is 4.99 Å². The van der Waals surface area contributed by atoms with Gasteiger partial charge >= 0.3 is 0 Å². The van der Waals surface area contributed by atoms with Crippen molar-refractivity contribution in [3.63, 3.8) is 0 Å². The highest BCUT2D eigenvalue weighted by Gasteiger charge is 2.19. The van der Waals surface area contributed by atoms with Gasteiger partial charge in [0.05, 0.1) is 11.6 Å². The number of para-hydroxylation sites is 1. The molecule has 3 nitrogen and oxygen atoms in total. The van der Waals surface area contributed by atoms with Gasteiger partial charge in [-0.2, -0.15) is 0 Å². The fraction of sp³-hybridized carbons (Fsp3) is 0.120. The molecule has 0 fully saturated rings. The molecule has 2 heterocycles. The van der Waals surface area contributed by atoms with Gasteiger partial charge < -0.3 is 4.74 Å². The molecule has 0 bridgehead atoms. The Morgan fingerprint density at radius 1 is 0.750 bits per heavy atom. The van der Waals surface area contributed by atoms with Crippen molar-refractivity contribution in [1.29, 1.82) is 0 Å². The highest BCUT2D eigenvalue weighted by atomic mass is 16.5. The Bertz CT molecular complexity index is 980. The maximum absolute atomic E-state index is 5.67. The summed E-state index contributed by atoms with van der Waals surface area (Å²) in [6.45, 7) is 0.680. The average molecular weight is 366 g/mol. The van der Waals surface area contributed by atoms with Crippen molar-refractivity contribution in [2.45, 2.75) is 12.5 Å². The molecule has 0 saturated carbocycles. The second kappa shape index (κ2) is 8.96. The summed E-state index contributed by atoms with van der Waals surface area (Å²) in [5.41, 5.74) is 3.43. The summed E-state index contributed by atoms with van der Waals surface area (Å²) in [6, 6.07) is 32.8. The Labute approximate surface area is 165 Å². The van der Waals surface area contributed by atoms with Crippen LogP contribution in [0.5, 0.6) is 0 Å². The molecule has 138 valence electrons. The minimum atomic E-state index is 0.239. The van der Waals surface area contributed by atoms with E-state index < -0.39 is 0 Å². The Hall–Kier alpha value is -3.46. The van der Waals surface area contributed by atoms with Crippen molar-refractivity contribution in [2.75, 3.05) is 6.61 Å². The summed E-state index contributed by atoms with van der Waals surface area (Å²) in [6.07, 6.45) is 2.75. The van der Waals surface area contributed by atoms with Crippen LogP contribution in [0.15, 0.2) is 108 Å². The second-order valence-electron chi connectivity index (χ2n) is 6.65. The number of hydrogen-bond donors (Lipinski definition) is 0.